The number of rotatable bonds is 0. The molecule has 0 saturated heterocycles. The van der Waals surface area contributed by atoms with E-state index in [2.05, 4.69) is 19.1 Å². The Balaban J connectivity index is 0. The molecule has 0 aliphatic rings. The standard InChI is InChI=1S/C7H8.2Cu/c1-7-5-3-2-4-6-7;;/h2-6H,1H3;;. The van der Waals surface area contributed by atoms with E-state index in [0.717, 1.165) is 0 Å². The summed E-state index contributed by atoms with van der Waals surface area (Å²) in [6.07, 6.45) is 0. The van der Waals surface area contributed by atoms with Crippen LogP contribution < -0.4 is 0 Å². The molecular formula is C7H8Cu2. The average molecular weight is 219 g/mol. The zero-order chi connectivity index (χ0) is 5.11. The smallest absolute Gasteiger partial charge is 0 e. The summed E-state index contributed by atoms with van der Waals surface area (Å²) in [6, 6.07) is 10.3. The Morgan fingerprint density at radius 2 is 1.33 bits per heavy atom. The first-order valence-electron chi connectivity index (χ1n) is 2.41. The number of aryl methyl sites for hydroxylation is 1. The molecule has 0 bridgehead atoms. The van der Waals surface area contributed by atoms with Crippen molar-refractivity contribution < 1.29 is 34.1 Å². The summed E-state index contributed by atoms with van der Waals surface area (Å²) < 4.78 is 0. The van der Waals surface area contributed by atoms with Gasteiger partial charge in [0.2, 0.25) is 0 Å². The molecule has 0 nitrogen and oxygen atoms in total. The summed E-state index contributed by atoms with van der Waals surface area (Å²) in [6.45, 7) is 2.08. The van der Waals surface area contributed by atoms with E-state index in [1.807, 2.05) is 18.2 Å². The molecule has 2 radical (unpaired) electrons. The van der Waals surface area contributed by atoms with Crippen molar-refractivity contribution in [3.63, 3.8) is 0 Å². The molecule has 0 fully saturated rings. The summed E-state index contributed by atoms with van der Waals surface area (Å²) >= 11 is 0. The van der Waals surface area contributed by atoms with Gasteiger partial charge in [0, 0.05) is 34.1 Å². The Labute approximate surface area is 77.0 Å². The second-order valence-electron chi connectivity index (χ2n) is 1.65. The molecule has 1 aromatic carbocycles. The van der Waals surface area contributed by atoms with E-state index in [1.165, 1.54) is 5.56 Å². The SMILES string of the molecule is Cc1ccccc1.[Cu].[Cu]. The molecule has 0 aliphatic carbocycles. The fourth-order valence-electron chi connectivity index (χ4n) is 0.534. The van der Waals surface area contributed by atoms with Gasteiger partial charge in [0.05, 0.1) is 0 Å². The van der Waals surface area contributed by atoms with Gasteiger partial charge in [0.1, 0.15) is 0 Å². The van der Waals surface area contributed by atoms with Gasteiger partial charge in [-0.05, 0) is 6.92 Å². The molecule has 0 spiro atoms. The topological polar surface area (TPSA) is 0 Å². The largest absolute Gasteiger partial charge is 0.0622 e. The van der Waals surface area contributed by atoms with Crippen LogP contribution in [0.5, 0.6) is 0 Å². The molecule has 2 heteroatoms. The predicted molar refractivity (Wildman–Crippen MR) is 31.2 cm³/mol. The van der Waals surface area contributed by atoms with Gasteiger partial charge in [-0.2, -0.15) is 0 Å². The molecule has 1 aromatic rings. The fourth-order valence-corrected chi connectivity index (χ4v) is 0.534. The number of hydrogen-bond donors (Lipinski definition) is 0. The minimum absolute atomic E-state index is 0. The molecule has 58 valence electrons. The molecule has 9 heavy (non-hydrogen) atoms. The van der Waals surface area contributed by atoms with E-state index >= 15 is 0 Å². The first kappa shape index (κ1) is 12.0. The molecular weight excluding hydrogens is 211 g/mol. The van der Waals surface area contributed by atoms with Crippen LogP contribution in [0.3, 0.4) is 0 Å². The Morgan fingerprint density at radius 3 is 1.56 bits per heavy atom. The molecule has 0 N–H and O–H groups in total. The molecule has 1 rings (SSSR count). The van der Waals surface area contributed by atoms with Gasteiger partial charge in [-0.25, -0.2) is 0 Å². The first-order chi connectivity index (χ1) is 3.39. The summed E-state index contributed by atoms with van der Waals surface area (Å²) in [7, 11) is 0. The monoisotopic (exact) mass is 218 g/mol. The summed E-state index contributed by atoms with van der Waals surface area (Å²) in [5.41, 5.74) is 1.32. The van der Waals surface area contributed by atoms with Crippen LogP contribution in [0, 0.1) is 6.92 Å². The van der Waals surface area contributed by atoms with E-state index in [0.29, 0.717) is 0 Å². The van der Waals surface area contributed by atoms with Crippen molar-refractivity contribution in [3.8, 4) is 0 Å². The first-order valence-corrected chi connectivity index (χ1v) is 2.41. The Morgan fingerprint density at radius 1 is 0.889 bits per heavy atom. The zero-order valence-electron chi connectivity index (χ0n) is 4.99. The minimum atomic E-state index is 0. The molecule has 0 saturated carbocycles. The average Bonchev–Trinajstić information content (AvgIpc) is 1.69. The van der Waals surface area contributed by atoms with Gasteiger partial charge >= 0.3 is 0 Å². The van der Waals surface area contributed by atoms with Crippen LogP contribution in [-0.2, 0) is 34.1 Å². The predicted octanol–water partition coefficient (Wildman–Crippen LogP) is 1.99. The van der Waals surface area contributed by atoms with Gasteiger partial charge in [-0.3, -0.25) is 0 Å². The van der Waals surface area contributed by atoms with Crippen LogP contribution in [0.2, 0.25) is 0 Å². The van der Waals surface area contributed by atoms with Gasteiger partial charge in [0.15, 0.2) is 0 Å². The maximum Gasteiger partial charge on any atom is 0 e. The summed E-state index contributed by atoms with van der Waals surface area (Å²) in [5.74, 6) is 0. The van der Waals surface area contributed by atoms with Crippen molar-refractivity contribution in [2.45, 2.75) is 6.92 Å². The van der Waals surface area contributed by atoms with Gasteiger partial charge in [0.25, 0.3) is 0 Å². The van der Waals surface area contributed by atoms with E-state index in [1.54, 1.807) is 0 Å². The third-order valence-corrected chi connectivity index (χ3v) is 0.940. The van der Waals surface area contributed by atoms with E-state index < -0.39 is 0 Å². The molecule has 0 unspecified atom stereocenters. The normalized spacial score (nSPS) is 6.78. The van der Waals surface area contributed by atoms with E-state index in [4.69, 9.17) is 0 Å². The van der Waals surface area contributed by atoms with Crippen LogP contribution >= 0.6 is 0 Å². The second kappa shape index (κ2) is 6.38. The van der Waals surface area contributed by atoms with Crippen LogP contribution in [0.1, 0.15) is 5.56 Å². The summed E-state index contributed by atoms with van der Waals surface area (Å²) in [5, 5.41) is 0. The van der Waals surface area contributed by atoms with Gasteiger partial charge in [-0.1, -0.05) is 35.9 Å². The van der Waals surface area contributed by atoms with Crippen molar-refractivity contribution in [1.82, 2.24) is 0 Å². The van der Waals surface area contributed by atoms with E-state index in [-0.39, 0.29) is 34.1 Å². The van der Waals surface area contributed by atoms with Gasteiger partial charge in [-0.15, -0.1) is 0 Å². The second-order valence-corrected chi connectivity index (χ2v) is 1.65. The van der Waals surface area contributed by atoms with Crippen LogP contribution in [-0.4, -0.2) is 0 Å². The van der Waals surface area contributed by atoms with Crippen LogP contribution in [0.4, 0.5) is 0 Å². The third-order valence-electron chi connectivity index (χ3n) is 0.940. The Kier molecular flexibility index (Phi) is 8.50. The van der Waals surface area contributed by atoms with Crippen molar-refractivity contribution in [3.05, 3.63) is 35.9 Å². The van der Waals surface area contributed by atoms with Crippen molar-refractivity contribution in [1.29, 1.82) is 0 Å². The Bertz CT molecular complexity index is 137. The molecule has 0 aromatic heterocycles. The molecule has 0 heterocycles. The Hall–Kier alpha value is 0.259. The van der Waals surface area contributed by atoms with Crippen molar-refractivity contribution >= 4 is 0 Å². The van der Waals surface area contributed by atoms with Crippen molar-refractivity contribution in [2.24, 2.45) is 0 Å². The zero-order valence-corrected chi connectivity index (χ0v) is 6.87. The maximum absolute atomic E-state index is 2.08. The minimum Gasteiger partial charge on any atom is -0.0622 e. The van der Waals surface area contributed by atoms with Crippen molar-refractivity contribution in [2.75, 3.05) is 0 Å². The summed E-state index contributed by atoms with van der Waals surface area (Å²) in [4.78, 5) is 0. The number of hydrogen-bond acceptors (Lipinski definition) is 0. The molecule has 0 atom stereocenters. The van der Waals surface area contributed by atoms with Crippen LogP contribution in [0.15, 0.2) is 30.3 Å². The quantitative estimate of drug-likeness (QED) is 0.585. The number of benzene rings is 1. The van der Waals surface area contributed by atoms with E-state index in [9.17, 15) is 0 Å². The molecule has 0 aliphatic heterocycles. The molecule has 0 amide bonds. The fraction of sp³-hybridized carbons (Fsp3) is 0.143. The van der Waals surface area contributed by atoms with Crippen LogP contribution in [0.25, 0.3) is 0 Å². The van der Waals surface area contributed by atoms with Gasteiger partial charge < -0.3 is 0 Å². The maximum atomic E-state index is 2.08. The third kappa shape index (κ3) is 4.74.